The lowest BCUT2D eigenvalue weighted by atomic mass is 9.90. The smallest absolute Gasteiger partial charge is 0.324 e. The summed E-state index contributed by atoms with van der Waals surface area (Å²) in [5.41, 5.74) is -0.236. The van der Waals surface area contributed by atoms with Crippen LogP contribution in [0.4, 0.5) is 5.69 Å². The summed E-state index contributed by atoms with van der Waals surface area (Å²) in [5, 5.41) is 20.1. The quantitative estimate of drug-likeness (QED) is 0.612. The fourth-order valence-electron chi connectivity index (χ4n) is 2.38. The van der Waals surface area contributed by atoms with Gasteiger partial charge in [0.05, 0.1) is 4.92 Å². The molecule has 1 N–H and O–H groups in total. The number of nitro benzene ring substituents is 1. The van der Waals surface area contributed by atoms with Gasteiger partial charge in [-0.2, -0.15) is 0 Å². The molecule has 0 radical (unpaired) electrons. The van der Waals surface area contributed by atoms with Gasteiger partial charge in [0, 0.05) is 18.6 Å². The average molecular weight is 280 g/mol. The zero-order valence-corrected chi connectivity index (χ0v) is 12.0. The molecule has 0 amide bonds. The van der Waals surface area contributed by atoms with Crippen molar-refractivity contribution in [3.63, 3.8) is 0 Å². The van der Waals surface area contributed by atoms with Gasteiger partial charge in [-0.15, -0.1) is 0 Å². The first kappa shape index (κ1) is 16.1. The lowest BCUT2D eigenvalue weighted by Crippen LogP contribution is -2.53. The van der Waals surface area contributed by atoms with Crippen LogP contribution in [-0.2, 0) is 11.2 Å². The van der Waals surface area contributed by atoms with Crippen LogP contribution in [0.1, 0.15) is 26.3 Å². The van der Waals surface area contributed by atoms with Gasteiger partial charge >= 0.3 is 5.97 Å². The molecule has 0 bridgehead atoms. The zero-order valence-electron chi connectivity index (χ0n) is 12.0. The molecule has 1 aromatic rings. The number of hydrogen-bond acceptors (Lipinski definition) is 4. The second-order valence-electron chi connectivity index (χ2n) is 4.85. The topological polar surface area (TPSA) is 83.7 Å². The lowest BCUT2D eigenvalue weighted by molar-refractivity contribution is -0.384. The number of nitro groups is 1. The van der Waals surface area contributed by atoms with Gasteiger partial charge < -0.3 is 5.11 Å². The van der Waals surface area contributed by atoms with Crippen LogP contribution < -0.4 is 0 Å². The molecule has 0 aliphatic heterocycles. The number of carboxylic acid groups (broad SMARTS) is 1. The van der Waals surface area contributed by atoms with Crippen LogP contribution in [0.3, 0.4) is 0 Å². The average Bonchev–Trinajstić information content (AvgIpc) is 2.40. The van der Waals surface area contributed by atoms with E-state index in [1.54, 1.807) is 19.1 Å². The Labute approximate surface area is 118 Å². The van der Waals surface area contributed by atoms with E-state index in [4.69, 9.17) is 0 Å². The molecule has 0 aromatic heterocycles. The van der Waals surface area contributed by atoms with Crippen molar-refractivity contribution >= 4 is 11.7 Å². The van der Waals surface area contributed by atoms with Gasteiger partial charge in [-0.05, 0) is 25.6 Å². The van der Waals surface area contributed by atoms with Gasteiger partial charge in [0.25, 0.3) is 5.69 Å². The number of aliphatic carboxylic acids is 1. The first-order valence-corrected chi connectivity index (χ1v) is 6.57. The fraction of sp³-hybridized carbons (Fsp3) is 0.500. The molecule has 0 aliphatic rings. The Morgan fingerprint density at radius 2 is 1.80 bits per heavy atom. The first-order chi connectivity index (χ1) is 9.35. The largest absolute Gasteiger partial charge is 0.480 e. The van der Waals surface area contributed by atoms with Crippen molar-refractivity contribution in [1.82, 2.24) is 4.90 Å². The van der Waals surface area contributed by atoms with Gasteiger partial charge in [0.15, 0.2) is 0 Å². The minimum Gasteiger partial charge on any atom is -0.480 e. The Kier molecular flexibility index (Phi) is 5.21. The molecule has 1 rings (SSSR count). The maximum Gasteiger partial charge on any atom is 0.324 e. The Morgan fingerprint density at radius 1 is 1.30 bits per heavy atom. The molecular weight excluding hydrogens is 260 g/mol. The predicted molar refractivity (Wildman–Crippen MR) is 75.8 cm³/mol. The van der Waals surface area contributed by atoms with Gasteiger partial charge in [-0.25, -0.2) is 0 Å². The molecule has 6 heteroatoms. The summed E-state index contributed by atoms with van der Waals surface area (Å²) < 4.78 is 0. The Bertz CT molecular complexity index is 482. The standard InChI is InChI=1S/C14H20N2O4/c1-4-15(5-2)14(3,13(17)18)10-11-6-8-12(9-7-11)16(19)20/h6-9H,4-5,10H2,1-3H3,(H,17,18). The van der Waals surface area contributed by atoms with Crippen molar-refractivity contribution in [1.29, 1.82) is 0 Å². The molecule has 6 nitrogen and oxygen atoms in total. The van der Waals surface area contributed by atoms with Crippen molar-refractivity contribution in [3.05, 3.63) is 39.9 Å². The summed E-state index contributed by atoms with van der Waals surface area (Å²) in [6.45, 7) is 6.78. The van der Waals surface area contributed by atoms with Gasteiger partial charge in [-0.3, -0.25) is 19.8 Å². The van der Waals surface area contributed by atoms with Crippen molar-refractivity contribution in [3.8, 4) is 0 Å². The minimum atomic E-state index is -1.01. The molecule has 110 valence electrons. The van der Waals surface area contributed by atoms with E-state index in [0.29, 0.717) is 19.5 Å². The lowest BCUT2D eigenvalue weighted by Gasteiger charge is -2.36. The van der Waals surface area contributed by atoms with E-state index < -0.39 is 16.4 Å². The van der Waals surface area contributed by atoms with Crippen LogP contribution in [-0.4, -0.2) is 39.5 Å². The van der Waals surface area contributed by atoms with Crippen molar-refractivity contribution < 1.29 is 14.8 Å². The van der Waals surface area contributed by atoms with Crippen LogP contribution in [0.25, 0.3) is 0 Å². The van der Waals surface area contributed by atoms with Gasteiger partial charge in [-0.1, -0.05) is 26.0 Å². The van der Waals surface area contributed by atoms with Crippen molar-refractivity contribution in [2.75, 3.05) is 13.1 Å². The Balaban J connectivity index is 3.01. The van der Waals surface area contributed by atoms with Gasteiger partial charge in [0.2, 0.25) is 0 Å². The molecule has 1 unspecified atom stereocenters. The fourth-order valence-corrected chi connectivity index (χ4v) is 2.38. The number of carboxylic acids is 1. The molecule has 0 fully saturated rings. The molecule has 0 saturated carbocycles. The number of non-ortho nitro benzene ring substituents is 1. The first-order valence-electron chi connectivity index (χ1n) is 6.57. The number of carbonyl (C=O) groups is 1. The molecule has 20 heavy (non-hydrogen) atoms. The van der Waals surface area contributed by atoms with Crippen molar-refractivity contribution in [2.45, 2.75) is 32.7 Å². The third-order valence-electron chi connectivity index (χ3n) is 3.62. The normalized spacial score (nSPS) is 14.0. The molecule has 1 atom stereocenters. The molecular formula is C14H20N2O4. The van der Waals surface area contributed by atoms with Crippen molar-refractivity contribution in [2.24, 2.45) is 0 Å². The van der Waals surface area contributed by atoms with Crippen LogP contribution in [0.2, 0.25) is 0 Å². The Morgan fingerprint density at radius 3 is 2.15 bits per heavy atom. The summed E-state index contributed by atoms with van der Waals surface area (Å²) in [7, 11) is 0. The summed E-state index contributed by atoms with van der Waals surface area (Å²) in [6, 6.07) is 6.03. The van der Waals surface area contributed by atoms with Gasteiger partial charge in [0.1, 0.15) is 5.54 Å². The molecule has 0 heterocycles. The zero-order chi connectivity index (χ0) is 15.3. The van der Waals surface area contributed by atoms with Crippen LogP contribution >= 0.6 is 0 Å². The maximum absolute atomic E-state index is 11.6. The van der Waals surface area contributed by atoms with Crippen LogP contribution in [0.15, 0.2) is 24.3 Å². The minimum absolute atomic E-state index is 0.00798. The van der Waals surface area contributed by atoms with E-state index in [1.807, 2.05) is 18.7 Å². The number of rotatable bonds is 7. The van der Waals surface area contributed by atoms with E-state index >= 15 is 0 Å². The summed E-state index contributed by atoms with van der Waals surface area (Å²) >= 11 is 0. The number of hydrogen-bond donors (Lipinski definition) is 1. The van der Waals surface area contributed by atoms with Crippen LogP contribution in [0.5, 0.6) is 0 Å². The highest BCUT2D eigenvalue weighted by atomic mass is 16.6. The van der Waals surface area contributed by atoms with E-state index in [-0.39, 0.29) is 5.69 Å². The highest BCUT2D eigenvalue weighted by Crippen LogP contribution is 2.23. The van der Waals surface area contributed by atoms with E-state index in [2.05, 4.69) is 0 Å². The molecule has 0 aliphatic carbocycles. The summed E-state index contributed by atoms with van der Waals surface area (Å²) in [5.74, 6) is -0.889. The third-order valence-corrected chi connectivity index (χ3v) is 3.62. The maximum atomic E-state index is 11.6. The molecule has 0 spiro atoms. The summed E-state index contributed by atoms with van der Waals surface area (Å²) in [6.07, 6.45) is 0.308. The van der Waals surface area contributed by atoms with E-state index in [1.165, 1.54) is 12.1 Å². The van der Waals surface area contributed by atoms with E-state index in [9.17, 15) is 20.0 Å². The number of likely N-dealkylation sites (N-methyl/N-ethyl adjacent to an activating group) is 1. The number of nitrogens with zero attached hydrogens (tertiary/aromatic N) is 2. The second kappa shape index (κ2) is 6.47. The monoisotopic (exact) mass is 280 g/mol. The second-order valence-corrected chi connectivity index (χ2v) is 4.85. The highest BCUT2D eigenvalue weighted by molar-refractivity contribution is 5.78. The molecule has 1 aromatic carbocycles. The number of benzene rings is 1. The van der Waals surface area contributed by atoms with E-state index in [0.717, 1.165) is 5.56 Å². The van der Waals surface area contributed by atoms with Crippen LogP contribution in [0, 0.1) is 10.1 Å². The molecule has 0 saturated heterocycles. The predicted octanol–water partition coefficient (Wildman–Crippen LogP) is 2.32. The summed E-state index contributed by atoms with van der Waals surface area (Å²) in [4.78, 5) is 23.6. The highest BCUT2D eigenvalue weighted by Gasteiger charge is 2.38. The third kappa shape index (κ3) is 3.33. The Hall–Kier alpha value is -1.95. The SMILES string of the molecule is CCN(CC)C(C)(Cc1ccc([N+](=O)[O-])cc1)C(=O)O.